The zero-order valence-corrected chi connectivity index (χ0v) is 11.2. The van der Waals surface area contributed by atoms with Crippen LogP contribution in [0, 0.1) is 11.7 Å². The van der Waals surface area contributed by atoms with Crippen molar-refractivity contribution >= 4 is 17.7 Å². The first kappa shape index (κ1) is 14.0. The number of nitrogens with one attached hydrogen (secondary N) is 1. The Morgan fingerprint density at radius 2 is 1.88 bits per heavy atom. The molecule has 0 saturated carbocycles. The zero-order valence-electron chi connectivity index (χ0n) is 10.4. The summed E-state index contributed by atoms with van der Waals surface area (Å²) >= 11 is 1.43. The molecule has 0 saturated heterocycles. The zero-order chi connectivity index (χ0) is 12.8. The third-order valence-corrected chi connectivity index (χ3v) is 3.29. The fourth-order valence-electron chi connectivity index (χ4n) is 1.22. The summed E-state index contributed by atoms with van der Waals surface area (Å²) < 4.78 is 12.7. The highest BCUT2D eigenvalue weighted by Crippen LogP contribution is 2.23. The molecule has 2 nitrogen and oxygen atoms in total. The molecular weight excluding hydrogens is 237 g/mol. The molecule has 4 heteroatoms. The number of rotatable bonds is 5. The standard InChI is InChI=1S/C13H18FNOS/c1-9(2)8-15-13(16)10(3)17-12-6-4-11(14)5-7-12/h4-7,9-10H,8H2,1-3H3,(H,15,16). The van der Waals surface area contributed by atoms with Gasteiger partial charge in [0, 0.05) is 11.4 Å². The van der Waals surface area contributed by atoms with E-state index in [0.717, 1.165) is 4.90 Å². The van der Waals surface area contributed by atoms with Crippen LogP contribution in [-0.2, 0) is 4.79 Å². The number of halogens is 1. The average molecular weight is 255 g/mol. The van der Waals surface area contributed by atoms with Gasteiger partial charge in [0.05, 0.1) is 5.25 Å². The molecule has 0 aliphatic rings. The van der Waals surface area contributed by atoms with Crippen molar-refractivity contribution in [3.63, 3.8) is 0 Å². The first-order chi connectivity index (χ1) is 7.99. The molecule has 1 amide bonds. The van der Waals surface area contributed by atoms with Crippen LogP contribution in [0.3, 0.4) is 0 Å². The van der Waals surface area contributed by atoms with E-state index in [1.807, 2.05) is 6.92 Å². The Morgan fingerprint density at radius 3 is 2.41 bits per heavy atom. The number of benzene rings is 1. The van der Waals surface area contributed by atoms with Gasteiger partial charge in [-0.1, -0.05) is 13.8 Å². The van der Waals surface area contributed by atoms with E-state index in [4.69, 9.17) is 0 Å². The molecule has 1 unspecified atom stereocenters. The van der Waals surface area contributed by atoms with Gasteiger partial charge in [-0.2, -0.15) is 0 Å². The Balaban J connectivity index is 2.45. The summed E-state index contributed by atoms with van der Waals surface area (Å²) in [7, 11) is 0. The third-order valence-electron chi connectivity index (χ3n) is 2.18. The van der Waals surface area contributed by atoms with E-state index in [2.05, 4.69) is 19.2 Å². The van der Waals surface area contributed by atoms with Crippen LogP contribution >= 0.6 is 11.8 Å². The number of hydrogen-bond donors (Lipinski definition) is 1. The van der Waals surface area contributed by atoms with Crippen LogP contribution in [0.25, 0.3) is 0 Å². The lowest BCUT2D eigenvalue weighted by molar-refractivity contribution is -0.120. The molecule has 1 atom stereocenters. The van der Waals surface area contributed by atoms with E-state index in [1.165, 1.54) is 23.9 Å². The van der Waals surface area contributed by atoms with Crippen LogP contribution in [0.15, 0.2) is 29.2 Å². The van der Waals surface area contributed by atoms with Gasteiger partial charge in [0.25, 0.3) is 0 Å². The van der Waals surface area contributed by atoms with Gasteiger partial charge >= 0.3 is 0 Å². The summed E-state index contributed by atoms with van der Waals surface area (Å²) in [5.41, 5.74) is 0. The Bertz CT molecular complexity index is 364. The first-order valence-electron chi connectivity index (χ1n) is 5.69. The maximum absolute atomic E-state index is 12.7. The molecule has 0 radical (unpaired) electrons. The predicted octanol–water partition coefficient (Wildman–Crippen LogP) is 3.08. The van der Waals surface area contributed by atoms with Crippen molar-refractivity contribution in [3.8, 4) is 0 Å². The Labute approximate surface area is 106 Å². The molecule has 0 bridgehead atoms. The largest absolute Gasteiger partial charge is 0.355 e. The number of hydrogen-bond acceptors (Lipinski definition) is 2. The number of carbonyl (C=O) groups excluding carboxylic acids is 1. The van der Waals surface area contributed by atoms with Crippen molar-refractivity contribution in [2.75, 3.05) is 6.54 Å². The van der Waals surface area contributed by atoms with Crippen LogP contribution in [0.5, 0.6) is 0 Å². The van der Waals surface area contributed by atoms with Gasteiger partial charge in [0.2, 0.25) is 5.91 Å². The van der Waals surface area contributed by atoms with E-state index >= 15 is 0 Å². The second-order valence-electron chi connectivity index (χ2n) is 4.35. The van der Waals surface area contributed by atoms with Gasteiger partial charge in [-0.05, 0) is 37.1 Å². The molecule has 17 heavy (non-hydrogen) atoms. The topological polar surface area (TPSA) is 29.1 Å². The summed E-state index contributed by atoms with van der Waals surface area (Å²) in [6.45, 7) is 6.65. The minimum absolute atomic E-state index is 0.0213. The van der Waals surface area contributed by atoms with Crippen LogP contribution in [0.1, 0.15) is 20.8 Å². The van der Waals surface area contributed by atoms with Crippen LogP contribution in [0.4, 0.5) is 4.39 Å². The molecule has 1 aromatic rings. The molecular formula is C13H18FNOS. The Hall–Kier alpha value is -1.03. The molecule has 0 fully saturated rings. The van der Waals surface area contributed by atoms with Crippen molar-refractivity contribution in [1.29, 1.82) is 0 Å². The Morgan fingerprint density at radius 1 is 1.29 bits per heavy atom. The Kier molecular flexibility index (Phi) is 5.48. The minimum Gasteiger partial charge on any atom is -0.355 e. The van der Waals surface area contributed by atoms with Gasteiger partial charge in [-0.25, -0.2) is 4.39 Å². The molecule has 94 valence electrons. The summed E-state index contributed by atoms with van der Waals surface area (Å²) in [6.07, 6.45) is 0. The van der Waals surface area contributed by atoms with Crippen molar-refractivity contribution < 1.29 is 9.18 Å². The normalized spacial score (nSPS) is 12.5. The average Bonchev–Trinajstić information content (AvgIpc) is 2.28. The lowest BCUT2D eigenvalue weighted by atomic mass is 10.2. The quantitative estimate of drug-likeness (QED) is 0.819. The van der Waals surface area contributed by atoms with Gasteiger partial charge in [0.15, 0.2) is 0 Å². The van der Waals surface area contributed by atoms with Gasteiger partial charge < -0.3 is 5.32 Å². The van der Waals surface area contributed by atoms with Crippen molar-refractivity contribution in [2.24, 2.45) is 5.92 Å². The highest BCUT2D eigenvalue weighted by Gasteiger charge is 2.14. The van der Waals surface area contributed by atoms with Crippen molar-refractivity contribution in [2.45, 2.75) is 30.9 Å². The van der Waals surface area contributed by atoms with Crippen LogP contribution in [-0.4, -0.2) is 17.7 Å². The first-order valence-corrected chi connectivity index (χ1v) is 6.57. The predicted molar refractivity (Wildman–Crippen MR) is 69.6 cm³/mol. The van der Waals surface area contributed by atoms with Gasteiger partial charge in [-0.15, -0.1) is 11.8 Å². The smallest absolute Gasteiger partial charge is 0.233 e. The lowest BCUT2D eigenvalue weighted by Crippen LogP contribution is -2.33. The summed E-state index contributed by atoms with van der Waals surface area (Å²) in [4.78, 5) is 12.6. The highest BCUT2D eigenvalue weighted by molar-refractivity contribution is 8.00. The monoisotopic (exact) mass is 255 g/mol. The number of amides is 1. The van der Waals surface area contributed by atoms with Crippen molar-refractivity contribution in [3.05, 3.63) is 30.1 Å². The van der Waals surface area contributed by atoms with Gasteiger partial charge in [-0.3, -0.25) is 4.79 Å². The van der Waals surface area contributed by atoms with E-state index in [1.54, 1.807) is 12.1 Å². The summed E-state index contributed by atoms with van der Waals surface area (Å²) in [5.74, 6) is 0.209. The van der Waals surface area contributed by atoms with E-state index in [0.29, 0.717) is 12.5 Å². The molecule has 0 aromatic heterocycles. The molecule has 0 heterocycles. The fraction of sp³-hybridized carbons (Fsp3) is 0.462. The maximum Gasteiger partial charge on any atom is 0.233 e. The molecule has 1 N–H and O–H groups in total. The molecule has 0 spiro atoms. The van der Waals surface area contributed by atoms with Crippen molar-refractivity contribution in [1.82, 2.24) is 5.32 Å². The van der Waals surface area contributed by atoms with Crippen LogP contribution < -0.4 is 5.32 Å². The van der Waals surface area contributed by atoms with E-state index in [9.17, 15) is 9.18 Å². The third kappa shape index (κ3) is 5.22. The molecule has 1 rings (SSSR count). The fourth-order valence-corrected chi connectivity index (χ4v) is 2.11. The summed E-state index contributed by atoms with van der Waals surface area (Å²) in [5, 5.41) is 2.71. The second kappa shape index (κ2) is 6.64. The number of carbonyl (C=O) groups is 1. The SMILES string of the molecule is CC(C)CNC(=O)C(C)Sc1ccc(F)cc1. The van der Waals surface area contributed by atoms with E-state index in [-0.39, 0.29) is 17.0 Å². The van der Waals surface area contributed by atoms with E-state index < -0.39 is 0 Å². The second-order valence-corrected chi connectivity index (χ2v) is 5.77. The molecule has 1 aromatic carbocycles. The molecule has 0 aliphatic carbocycles. The maximum atomic E-state index is 12.7. The lowest BCUT2D eigenvalue weighted by Gasteiger charge is -2.13. The van der Waals surface area contributed by atoms with Crippen LogP contribution in [0.2, 0.25) is 0 Å². The highest BCUT2D eigenvalue weighted by atomic mass is 32.2. The molecule has 0 aliphatic heterocycles. The minimum atomic E-state index is -0.258. The number of thioether (sulfide) groups is 1. The summed E-state index contributed by atoms with van der Waals surface area (Å²) in [6, 6.07) is 6.18. The van der Waals surface area contributed by atoms with Gasteiger partial charge in [0.1, 0.15) is 5.82 Å².